The molecule has 3 rings (SSSR count). The first kappa shape index (κ1) is 21.8. The van der Waals surface area contributed by atoms with E-state index in [0.717, 1.165) is 11.1 Å². The predicted molar refractivity (Wildman–Crippen MR) is 116 cm³/mol. The van der Waals surface area contributed by atoms with Gasteiger partial charge in [-0.3, -0.25) is 4.79 Å². The molecule has 0 aliphatic carbocycles. The molecule has 0 aromatic heterocycles. The van der Waals surface area contributed by atoms with Gasteiger partial charge in [0.1, 0.15) is 5.82 Å². The van der Waals surface area contributed by atoms with Crippen LogP contribution in [0.3, 0.4) is 0 Å². The number of urea groups is 1. The van der Waals surface area contributed by atoms with E-state index in [4.69, 9.17) is 0 Å². The Balaban J connectivity index is 1.75. The molecule has 0 saturated carbocycles. The highest BCUT2D eigenvalue weighted by Gasteiger charge is 2.34. The number of nitrogens with zero attached hydrogens (tertiary/aromatic N) is 1. The first-order valence-corrected chi connectivity index (χ1v) is 10.5. The maximum atomic E-state index is 13.9. The Morgan fingerprint density at radius 2 is 1.90 bits per heavy atom. The second-order valence-corrected chi connectivity index (χ2v) is 8.36. The van der Waals surface area contributed by atoms with Crippen LogP contribution in [0.25, 0.3) is 0 Å². The Labute approximate surface area is 177 Å². The molecule has 1 aliphatic heterocycles. The van der Waals surface area contributed by atoms with E-state index in [1.165, 1.54) is 6.07 Å². The highest BCUT2D eigenvalue weighted by atomic mass is 19.1. The summed E-state index contributed by atoms with van der Waals surface area (Å²) in [7, 11) is 0. The van der Waals surface area contributed by atoms with Gasteiger partial charge in [0.15, 0.2) is 0 Å². The number of piperidine rings is 1. The minimum Gasteiger partial charge on any atom is -0.352 e. The first-order valence-electron chi connectivity index (χ1n) is 10.5. The summed E-state index contributed by atoms with van der Waals surface area (Å²) in [5.41, 5.74) is 2.73. The third kappa shape index (κ3) is 5.59. The molecule has 0 radical (unpaired) electrons. The van der Waals surface area contributed by atoms with Crippen molar-refractivity contribution in [2.24, 2.45) is 5.92 Å². The van der Waals surface area contributed by atoms with E-state index < -0.39 is 0 Å². The van der Waals surface area contributed by atoms with E-state index in [-0.39, 0.29) is 42.2 Å². The summed E-state index contributed by atoms with van der Waals surface area (Å²) < 4.78 is 13.9. The molecule has 3 amide bonds. The Bertz CT molecular complexity index is 900. The molecule has 160 valence electrons. The molecule has 0 unspecified atom stereocenters. The summed E-state index contributed by atoms with van der Waals surface area (Å²) in [4.78, 5) is 27.3. The summed E-state index contributed by atoms with van der Waals surface area (Å²) >= 11 is 0. The van der Waals surface area contributed by atoms with Crippen molar-refractivity contribution in [2.45, 2.75) is 45.7 Å². The molecule has 0 spiro atoms. The number of amides is 3. The number of nitrogens with one attached hydrogen (secondary N) is 2. The number of halogens is 1. The topological polar surface area (TPSA) is 61.4 Å². The minimum absolute atomic E-state index is 0.0187. The van der Waals surface area contributed by atoms with Crippen molar-refractivity contribution in [3.05, 3.63) is 71.0 Å². The van der Waals surface area contributed by atoms with Crippen LogP contribution in [0.15, 0.2) is 48.5 Å². The standard InChI is InChI=1S/C24H30FN3O2/c1-16(2)27-24(30)28-14-20(18-9-6-7-17(3)11-18)12-21(15-28)23(29)26-13-19-8-4-5-10-22(19)25/h4-11,16,20-21H,12-15H2,1-3H3,(H,26,29)(H,27,30)/t20-,21+/m1/s1. The van der Waals surface area contributed by atoms with E-state index >= 15 is 0 Å². The molecule has 2 aromatic rings. The van der Waals surface area contributed by atoms with Gasteiger partial charge in [0.25, 0.3) is 0 Å². The lowest BCUT2D eigenvalue weighted by atomic mass is 9.83. The minimum atomic E-state index is -0.353. The maximum Gasteiger partial charge on any atom is 0.317 e. The van der Waals surface area contributed by atoms with E-state index in [1.807, 2.05) is 32.9 Å². The van der Waals surface area contributed by atoms with Crippen LogP contribution in [-0.2, 0) is 11.3 Å². The number of carbonyl (C=O) groups is 2. The van der Waals surface area contributed by atoms with Gasteiger partial charge in [0.2, 0.25) is 5.91 Å². The van der Waals surface area contributed by atoms with Crippen LogP contribution >= 0.6 is 0 Å². The van der Waals surface area contributed by atoms with Crippen LogP contribution in [0.2, 0.25) is 0 Å². The molecule has 6 heteroatoms. The van der Waals surface area contributed by atoms with Gasteiger partial charge in [-0.25, -0.2) is 9.18 Å². The van der Waals surface area contributed by atoms with Gasteiger partial charge in [0.05, 0.1) is 5.92 Å². The lowest BCUT2D eigenvalue weighted by Gasteiger charge is -2.38. The molecule has 2 aromatic carbocycles. The van der Waals surface area contributed by atoms with Crippen molar-refractivity contribution in [3.63, 3.8) is 0 Å². The van der Waals surface area contributed by atoms with Gasteiger partial charge < -0.3 is 15.5 Å². The smallest absolute Gasteiger partial charge is 0.317 e. The zero-order valence-electron chi connectivity index (χ0n) is 17.8. The number of hydrogen-bond acceptors (Lipinski definition) is 2. The molecule has 30 heavy (non-hydrogen) atoms. The molecular weight excluding hydrogens is 381 g/mol. The van der Waals surface area contributed by atoms with Gasteiger partial charge in [-0.2, -0.15) is 0 Å². The number of carbonyl (C=O) groups excluding carboxylic acids is 2. The lowest BCUT2D eigenvalue weighted by Crippen LogP contribution is -2.52. The summed E-state index contributed by atoms with van der Waals surface area (Å²) in [6.45, 7) is 6.92. The third-order valence-corrected chi connectivity index (χ3v) is 5.45. The summed E-state index contributed by atoms with van der Waals surface area (Å²) in [6, 6.07) is 14.5. The highest BCUT2D eigenvalue weighted by Crippen LogP contribution is 2.31. The first-order chi connectivity index (χ1) is 14.3. The van der Waals surface area contributed by atoms with Crippen LogP contribution in [-0.4, -0.2) is 36.0 Å². The summed E-state index contributed by atoms with van der Waals surface area (Å²) in [6.07, 6.45) is 0.651. The second-order valence-electron chi connectivity index (χ2n) is 8.36. The predicted octanol–water partition coefficient (Wildman–Crippen LogP) is 3.97. The molecular formula is C24H30FN3O2. The number of benzene rings is 2. The Kier molecular flexibility index (Phi) is 7.08. The van der Waals surface area contributed by atoms with Gasteiger partial charge in [-0.05, 0) is 38.8 Å². The quantitative estimate of drug-likeness (QED) is 0.782. The Hall–Kier alpha value is -2.89. The van der Waals surface area contributed by atoms with Crippen molar-refractivity contribution in [3.8, 4) is 0 Å². The molecule has 1 aliphatic rings. The fourth-order valence-electron chi connectivity index (χ4n) is 3.93. The van der Waals surface area contributed by atoms with E-state index in [2.05, 4.69) is 22.8 Å². The number of hydrogen-bond donors (Lipinski definition) is 2. The average molecular weight is 412 g/mol. The van der Waals surface area contributed by atoms with Gasteiger partial charge in [0, 0.05) is 37.2 Å². The van der Waals surface area contributed by atoms with Gasteiger partial charge in [-0.1, -0.05) is 48.0 Å². The molecule has 2 N–H and O–H groups in total. The van der Waals surface area contributed by atoms with Crippen molar-refractivity contribution >= 4 is 11.9 Å². The number of rotatable bonds is 5. The molecule has 0 bridgehead atoms. The Morgan fingerprint density at radius 1 is 1.13 bits per heavy atom. The van der Waals surface area contributed by atoms with Crippen molar-refractivity contribution < 1.29 is 14.0 Å². The van der Waals surface area contributed by atoms with Crippen LogP contribution in [0.5, 0.6) is 0 Å². The number of aryl methyl sites for hydroxylation is 1. The van der Waals surface area contributed by atoms with Gasteiger partial charge in [-0.15, -0.1) is 0 Å². The molecule has 1 heterocycles. The van der Waals surface area contributed by atoms with Crippen molar-refractivity contribution in [2.75, 3.05) is 13.1 Å². The lowest BCUT2D eigenvalue weighted by molar-refractivity contribution is -0.126. The fraction of sp³-hybridized carbons (Fsp3) is 0.417. The molecule has 5 nitrogen and oxygen atoms in total. The zero-order chi connectivity index (χ0) is 21.7. The molecule has 1 saturated heterocycles. The van der Waals surface area contributed by atoms with Crippen LogP contribution in [0.4, 0.5) is 9.18 Å². The highest BCUT2D eigenvalue weighted by molar-refractivity contribution is 5.81. The van der Waals surface area contributed by atoms with Crippen LogP contribution in [0, 0.1) is 18.7 Å². The van der Waals surface area contributed by atoms with E-state index in [1.54, 1.807) is 23.1 Å². The summed E-state index contributed by atoms with van der Waals surface area (Å²) in [5, 5.41) is 5.78. The van der Waals surface area contributed by atoms with Gasteiger partial charge >= 0.3 is 6.03 Å². The van der Waals surface area contributed by atoms with Crippen LogP contribution < -0.4 is 10.6 Å². The zero-order valence-corrected chi connectivity index (χ0v) is 17.8. The van der Waals surface area contributed by atoms with E-state index in [0.29, 0.717) is 25.1 Å². The van der Waals surface area contributed by atoms with Crippen LogP contribution in [0.1, 0.15) is 42.9 Å². The van der Waals surface area contributed by atoms with Crippen molar-refractivity contribution in [1.29, 1.82) is 0 Å². The average Bonchev–Trinajstić information content (AvgIpc) is 2.72. The fourth-order valence-corrected chi connectivity index (χ4v) is 3.93. The summed E-state index contributed by atoms with van der Waals surface area (Å²) in [5.74, 6) is -0.773. The van der Waals surface area contributed by atoms with Crippen molar-refractivity contribution in [1.82, 2.24) is 15.5 Å². The largest absolute Gasteiger partial charge is 0.352 e. The SMILES string of the molecule is Cc1cccc([C@@H]2C[C@H](C(=O)NCc3ccccc3F)CN(C(=O)NC(C)C)C2)c1. The third-order valence-electron chi connectivity index (χ3n) is 5.45. The Morgan fingerprint density at radius 3 is 2.60 bits per heavy atom. The molecule has 1 fully saturated rings. The normalized spacial score (nSPS) is 18.9. The second kappa shape index (κ2) is 9.74. The van der Waals surface area contributed by atoms with E-state index in [9.17, 15) is 14.0 Å². The monoisotopic (exact) mass is 411 g/mol. The number of likely N-dealkylation sites (tertiary alicyclic amines) is 1. The molecule has 2 atom stereocenters. The maximum absolute atomic E-state index is 13.9.